The maximum atomic E-state index is 12.2. The second kappa shape index (κ2) is 6.18. The molecule has 5 heteroatoms. The quantitative estimate of drug-likeness (QED) is 0.895. The second-order valence-electron chi connectivity index (χ2n) is 5.41. The number of anilines is 1. The smallest absolute Gasteiger partial charge is 0.279 e. The molecule has 0 bridgehead atoms. The number of nitrogens with one attached hydrogen (secondary N) is 2. The lowest BCUT2D eigenvalue weighted by Crippen LogP contribution is -3.14. The molecule has 1 aliphatic rings. The van der Waals surface area contributed by atoms with Crippen LogP contribution in [-0.4, -0.2) is 19.0 Å². The van der Waals surface area contributed by atoms with E-state index in [4.69, 9.17) is 11.6 Å². The molecule has 110 valence electrons. The molecular formula is C16H18ClN2OS+. The molecule has 0 fully saturated rings. The van der Waals surface area contributed by atoms with Crippen molar-refractivity contribution in [2.45, 2.75) is 19.4 Å². The van der Waals surface area contributed by atoms with Gasteiger partial charge in [0.2, 0.25) is 0 Å². The van der Waals surface area contributed by atoms with Crippen LogP contribution in [0.3, 0.4) is 0 Å². The maximum absolute atomic E-state index is 12.2. The summed E-state index contributed by atoms with van der Waals surface area (Å²) in [4.78, 5) is 15.0. The number of thiophene rings is 1. The van der Waals surface area contributed by atoms with Gasteiger partial charge in [0.05, 0.1) is 6.54 Å². The van der Waals surface area contributed by atoms with Gasteiger partial charge in [-0.2, -0.15) is 0 Å². The van der Waals surface area contributed by atoms with Crippen LogP contribution in [0.1, 0.15) is 23.4 Å². The van der Waals surface area contributed by atoms with E-state index in [1.807, 2.05) is 23.5 Å². The largest absolute Gasteiger partial charge is 0.321 e. The number of rotatable bonds is 3. The van der Waals surface area contributed by atoms with Crippen LogP contribution >= 0.6 is 22.9 Å². The number of hydrogen-bond acceptors (Lipinski definition) is 2. The first kappa shape index (κ1) is 14.6. The van der Waals surface area contributed by atoms with Gasteiger partial charge in [0.1, 0.15) is 6.04 Å². The van der Waals surface area contributed by atoms with Crippen LogP contribution < -0.4 is 10.2 Å². The van der Waals surface area contributed by atoms with Crippen molar-refractivity contribution in [3.05, 3.63) is 51.2 Å². The molecular weight excluding hydrogens is 304 g/mol. The van der Waals surface area contributed by atoms with Gasteiger partial charge in [0, 0.05) is 27.6 Å². The fourth-order valence-corrected chi connectivity index (χ4v) is 4.04. The molecule has 3 nitrogen and oxygen atoms in total. The van der Waals surface area contributed by atoms with Gasteiger partial charge < -0.3 is 10.2 Å². The highest BCUT2D eigenvalue weighted by atomic mass is 35.5. The third-order valence-electron chi connectivity index (χ3n) is 4.03. The van der Waals surface area contributed by atoms with Gasteiger partial charge in [-0.05, 0) is 36.6 Å². The maximum Gasteiger partial charge on any atom is 0.279 e. The topological polar surface area (TPSA) is 33.5 Å². The summed E-state index contributed by atoms with van der Waals surface area (Å²) in [5.41, 5.74) is 2.16. The highest BCUT2D eigenvalue weighted by Gasteiger charge is 2.29. The van der Waals surface area contributed by atoms with Crippen molar-refractivity contribution in [2.75, 3.05) is 18.4 Å². The van der Waals surface area contributed by atoms with E-state index in [2.05, 4.69) is 23.7 Å². The Balaban J connectivity index is 1.63. The Labute approximate surface area is 133 Å². The van der Waals surface area contributed by atoms with E-state index in [9.17, 15) is 4.79 Å². The summed E-state index contributed by atoms with van der Waals surface area (Å²) in [7, 11) is 0. The molecule has 3 rings (SSSR count). The van der Waals surface area contributed by atoms with E-state index >= 15 is 0 Å². The number of carbonyl (C=O) groups excluding carboxylic acids is 1. The molecule has 21 heavy (non-hydrogen) atoms. The van der Waals surface area contributed by atoms with Crippen LogP contribution in [0.2, 0.25) is 5.02 Å². The first-order valence-corrected chi connectivity index (χ1v) is 8.35. The molecule has 0 aliphatic carbocycles. The molecule has 1 unspecified atom stereocenters. The van der Waals surface area contributed by atoms with Gasteiger partial charge in [0.25, 0.3) is 5.91 Å². The van der Waals surface area contributed by atoms with Gasteiger partial charge in [-0.25, -0.2) is 0 Å². The Morgan fingerprint density at radius 3 is 3.14 bits per heavy atom. The molecule has 0 radical (unpaired) electrons. The van der Waals surface area contributed by atoms with Gasteiger partial charge in [-0.1, -0.05) is 17.7 Å². The lowest BCUT2D eigenvalue weighted by molar-refractivity contribution is -0.923. The molecule has 2 heterocycles. The van der Waals surface area contributed by atoms with Crippen molar-refractivity contribution >= 4 is 34.5 Å². The summed E-state index contributed by atoms with van der Waals surface area (Å²) < 4.78 is 0. The SMILES string of the molecule is C[C@H]1c2ccsc2CC[NH+]1CC(=O)Nc1cccc(Cl)c1. The van der Waals surface area contributed by atoms with Crippen molar-refractivity contribution in [1.82, 2.24) is 0 Å². The number of fused-ring (bicyclic) bond motifs is 1. The zero-order valence-electron chi connectivity index (χ0n) is 11.9. The minimum Gasteiger partial charge on any atom is -0.321 e. The van der Waals surface area contributed by atoms with Crippen LogP contribution in [-0.2, 0) is 11.2 Å². The van der Waals surface area contributed by atoms with Gasteiger partial charge in [-0.3, -0.25) is 4.79 Å². The molecule has 0 saturated carbocycles. The monoisotopic (exact) mass is 321 g/mol. The molecule has 0 saturated heterocycles. The summed E-state index contributed by atoms with van der Waals surface area (Å²) in [6.07, 6.45) is 1.07. The summed E-state index contributed by atoms with van der Waals surface area (Å²) in [6, 6.07) is 9.84. The third-order valence-corrected chi connectivity index (χ3v) is 5.26. The van der Waals surface area contributed by atoms with Crippen LogP contribution in [0.25, 0.3) is 0 Å². The predicted octanol–water partition coefficient (Wildman–Crippen LogP) is 2.54. The minimum atomic E-state index is 0.0396. The molecule has 2 atom stereocenters. The van der Waals surface area contributed by atoms with Crippen LogP contribution in [0, 0.1) is 0 Å². The Hall–Kier alpha value is -1.36. The molecule has 1 aromatic carbocycles. The summed E-state index contributed by atoms with van der Waals surface area (Å²) in [6.45, 7) is 3.70. The second-order valence-corrected chi connectivity index (χ2v) is 6.85. The highest BCUT2D eigenvalue weighted by molar-refractivity contribution is 7.10. The Bertz CT molecular complexity index is 655. The first-order chi connectivity index (χ1) is 10.1. The molecule has 2 aromatic rings. The molecule has 1 aliphatic heterocycles. The average molecular weight is 322 g/mol. The van der Waals surface area contributed by atoms with Gasteiger partial charge in [0.15, 0.2) is 6.54 Å². The summed E-state index contributed by atoms with van der Waals surface area (Å²) in [5, 5.41) is 5.71. The highest BCUT2D eigenvalue weighted by Crippen LogP contribution is 2.24. The van der Waals surface area contributed by atoms with Crippen molar-refractivity contribution in [3.63, 3.8) is 0 Å². The number of amides is 1. The number of quaternary nitrogens is 1. The van der Waals surface area contributed by atoms with Crippen LogP contribution in [0.5, 0.6) is 0 Å². The number of hydrogen-bond donors (Lipinski definition) is 2. The number of carbonyl (C=O) groups is 1. The molecule has 2 N–H and O–H groups in total. The zero-order valence-corrected chi connectivity index (χ0v) is 13.4. The van der Waals surface area contributed by atoms with Gasteiger partial charge in [-0.15, -0.1) is 11.3 Å². The standard InChI is InChI=1S/C16H17ClN2OS/c1-11-14-6-8-21-15(14)5-7-19(11)10-16(20)18-13-4-2-3-12(17)9-13/h2-4,6,8-9,11H,5,7,10H2,1H3,(H,18,20)/p+1/t11-/m0/s1. The van der Waals surface area contributed by atoms with E-state index in [0.717, 1.165) is 18.7 Å². The van der Waals surface area contributed by atoms with E-state index in [1.165, 1.54) is 15.3 Å². The number of benzene rings is 1. The van der Waals surface area contributed by atoms with E-state index in [1.54, 1.807) is 12.1 Å². The third kappa shape index (κ3) is 3.28. The van der Waals surface area contributed by atoms with Crippen molar-refractivity contribution in [2.24, 2.45) is 0 Å². The normalized spacial score (nSPS) is 20.9. The number of halogens is 1. The fourth-order valence-electron chi connectivity index (χ4n) is 2.87. The summed E-state index contributed by atoms with van der Waals surface area (Å²) >= 11 is 7.76. The summed E-state index contributed by atoms with van der Waals surface area (Å²) in [5.74, 6) is 0.0396. The molecule has 1 aromatic heterocycles. The van der Waals surface area contributed by atoms with E-state index in [-0.39, 0.29) is 5.91 Å². The lowest BCUT2D eigenvalue weighted by Gasteiger charge is -2.29. The Morgan fingerprint density at radius 1 is 1.48 bits per heavy atom. The van der Waals surface area contributed by atoms with Crippen LogP contribution in [0.15, 0.2) is 35.7 Å². The first-order valence-electron chi connectivity index (χ1n) is 7.10. The van der Waals surface area contributed by atoms with Crippen LogP contribution in [0.4, 0.5) is 5.69 Å². The van der Waals surface area contributed by atoms with Crippen molar-refractivity contribution in [3.8, 4) is 0 Å². The molecule has 1 amide bonds. The lowest BCUT2D eigenvalue weighted by atomic mass is 10.0. The van der Waals surface area contributed by atoms with E-state index < -0.39 is 0 Å². The van der Waals surface area contributed by atoms with E-state index in [0.29, 0.717) is 17.6 Å². The van der Waals surface area contributed by atoms with Gasteiger partial charge >= 0.3 is 0 Å². The minimum absolute atomic E-state index is 0.0396. The average Bonchev–Trinajstić information content (AvgIpc) is 2.91. The van der Waals surface area contributed by atoms with Crippen molar-refractivity contribution < 1.29 is 9.69 Å². The Kier molecular flexibility index (Phi) is 4.29. The fraction of sp³-hybridized carbons (Fsp3) is 0.312. The Morgan fingerprint density at radius 2 is 2.33 bits per heavy atom. The molecule has 0 spiro atoms. The zero-order chi connectivity index (χ0) is 14.8. The predicted molar refractivity (Wildman–Crippen MR) is 87.2 cm³/mol. The van der Waals surface area contributed by atoms with Crippen molar-refractivity contribution in [1.29, 1.82) is 0 Å².